The van der Waals surface area contributed by atoms with E-state index in [1.54, 1.807) is 24.7 Å². The topological polar surface area (TPSA) is 55.1 Å². The van der Waals surface area contributed by atoms with Gasteiger partial charge < -0.3 is 9.67 Å². The van der Waals surface area contributed by atoms with Gasteiger partial charge in [-0.15, -0.1) is 0 Å². The summed E-state index contributed by atoms with van der Waals surface area (Å²) in [6.45, 7) is 2.76. The van der Waals surface area contributed by atoms with E-state index in [0.717, 1.165) is 28.4 Å². The zero-order valence-corrected chi connectivity index (χ0v) is 11.1. The van der Waals surface area contributed by atoms with Crippen LogP contribution in [0.3, 0.4) is 0 Å². The maximum Gasteiger partial charge on any atom is 0.335 e. The molecule has 0 atom stereocenters. The van der Waals surface area contributed by atoms with Crippen molar-refractivity contribution < 1.29 is 9.90 Å². The Labute approximate surface area is 116 Å². The van der Waals surface area contributed by atoms with E-state index < -0.39 is 5.97 Å². The van der Waals surface area contributed by atoms with Gasteiger partial charge in [-0.2, -0.15) is 0 Å². The molecule has 0 aliphatic heterocycles. The van der Waals surface area contributed by atoms with E-state index in [1.807, 2.05) is 29.8 Å². The first-order valence-electron chi connectivity index (χ1n) is 6.36. The lowest BCUT2D eigenvalue weighted by Crippen LogP contribution is -2.00. The van der Waals surface area contributed by atoms with Gasteiger partial charge in [0.1, 0.15) is 0 Å². The number of carboxylic acid groups (broad SMARTS) is 1. The predicted octanol–water partition coefficient (Wildman–Crippen LogP) is 3.09. The van der Waals surface area contributed by atoms with Gasteiger partial charge >= 0.3 is 5.97 Å². The van der Waals surface area contributed by atoms with Gasteiger partial charge in [0.2, 0.25) is 0 Å². The van der Waals surface area contributed by atoms with Gasteiger partial charge in [0.15, 0.2) is 0 Å². The molecule has 0 aliphatic carbocycles. The van der Waals surface area contributed by atoms with E-state index in [0.29, 0.717) is 5.56 Å². The third-order valence-corrected chi connectivity index (χ3v) is 3.56. The van der Waals surface area contributed by atoms with Crippen molar-refractivity contribution in [1.82, 2.24) is 9.55 Å². The molecule has 3 aromatic rings. The molecule has 0 saturated carbocycles. The van der Waals surface area contributed by atoms with E-state index in [2.05, 4.69) is 11.1 Å². The number of imidazole rings is 1. The summed E-state index contributed by atoms with van der Waals surface area (Å²) < 4.78 is 2.00. The number of benzene rings is 2. The van der Waals surface area contributed by atoms with Crippen molar-refractivity contribution in [3.05, 3.63) is 65.7 Å². The summed E-state index contributed by atoms with van der Waals surface area (Å²) in [7, 11) is 0. The number of rotatable bonds is 3. The Morgan fingerprint density at radius 3 is 2.80 bits per heavy atom. The van der Waals surface area contributed by atoms with E-state index in [9.17, 15) is 4.79 Å². The lowest BCUT2D eigenvalue weighted by Gasteiger charge is -2.10. The second-order valence-corrected chi connectivity index (χ2v) is 4.83. The van der Waals surface area contributed by atoms with Crippen LogP contribution in [-0.4, -0.2) is 20.6 Å². The van der Waals surface area contributed by atoms with Gasteiger partial charge in [-0.05, 0) is 41.0 Å². The Bertz CT molecular complexity index is 777. The van der Waals surface area contributed by atoms with Crippen molar-refractivity contribution in [1.29, 1.82) is 0 Å². The maximum atomic E-state index is 11.1. The first-order valence-corrected chi connectivity index (χ1v) is 6.36. The SMILES string of the molecule is Cc1c(Cn2ccnc2)ccc2ccc(C(=O)O)cc12. The number of carbonyl (C=O) groups is 1. The molecule has 0 unspecified atom stereocenters. The molecule has 100 valence electrons. The Morgan fingerprint density at radius 2 is 2.10 bits per heavy atom. The van der Waals surface area contributed by atoms with E-state index in [1.165, 1.54) is 0 Å². The molecule has 0 saturated heterocycles. The number of aryl methyl sites for hydroxylation is 1. The highest BCUT2D eigenvalue weighted by Gasteiger charge is 2.08. The largest absolute Gasteiger partial charge is 0.478 e. The second-order valence-electron chi connectivity index (χ2n) is 4.83. The fraction of sp³-hybridized carbons (Fsp3) is 0.125. The Kier molecular flexibility index (Phi) is 2.99. The van der Waals surface area contributed by atoms with Gasteiger partial charge in [0.05, 0.1) is 11.9 Å². The second kappa shape index (κ2) is 4.81. The quantitative estimate of drug-likeness (QED) is 0.792. The van der Waals surface area contributed by atoms with Crippen LogP contribution < -0.4 is 0 Å². The molecule has 3 rings (SSSR count). The summed E-state index contributed by atoms with van der Waals surface area (Å²) >= 11 is 0. The number of hydrogen-bond acceptors (Lipinski definition) is 2. The number of aromatic carboxylic acids is 1. The zero-order chi connectivity index (χ0) is 14.1. The van der Waals surface area contributed by atoms with Crippen LogP contribution >= 0.6 is 0 Å². The molecule has 4 heteroatoms. The van der Waals surface area contributed by atoms with Crippen LogP contribution in [0.4, 0.5) is 0 Å². The first-order chi connectivity index (χ1) is 9.65. The molecule has 0 bridgehead atoms. The Balaban J connectivity index is 2.10. The number of nitrogens with zero attached hydrogens (tertiary/aromatic N) is 2. The summed E-state index contributed by atoms with van der Waals surface area (Å²) in [5.41, 5.74) is 2.60. The molecule has 0 spiro atoms. The lowest BCUT2D eigenvalue weighted by molar-refractivity contribution is 0.0697. The van der Waals surface area contributed by atoms with Gasteiger partial charge in [0, 0.05) is 18.9 Å². The summed E-state index contributed by atoms with van der Waals surface area (Å²) in [6, 6.07) is 9.34. The minimum atomic E-state index is -0.897. The van der Waals surface area contributed by atoms with Crippen molar-refractivity contribution in [2.75, 3.05) is 0 Å². The van der Waals surface area contributed by atoms with E-state index in [-0.39, 0.29) is 0 Å². The predicted molar refractivity (Wildman–Crippen MR) is 77.0 cm³/mol. The summed E-state index contributed by atoms with van der Waals surface area (Å²) in [4.78, 5) is 15.1. The van der Waals surface area contributed by atoms with Crippen LogP contribution in [0, 0.1) is 6.92 Å². The van der Waals surface area contributed by atoms with Crippen LogP contribution in [0.5, 0.6) is 0 Å². The Morgan fingerprint density at radius 1 is 1.30 bits per heavy atom. The fourth-order valence-electron chi connectivity index (χ4n) is 2.40. The van der Waals surface area contributed by atoms with Crippen LogP contribution in [0.2, 0.25) is 0 Å². The number of hydrogen-bond donors (Lipinski definition) is 1. The van der Waals surface area contributed by atoms with Crippen molar-refractivity contribution in [2.24, 2.45) is 0 Å². The molecule has 1 aromatic heterocycles. The highest BCUT2D eigenvalue weighted by Crippen LogP contribution is 2.24. The third-order valence-electron chi connectivity index (χ3n) is 3.56. The molecule has 20 heavy (non-hydrogen) atoms. The van der Waals surface area contributed by atoms with Crippen LogP contribution in [0.1, 0.15) is 21.5 Å². The summed E-state index contributed by atoms with van der Waals surface area (Å²) in [6.07, 6.45) is 5.44. The summed E-state index contributed by atoms with van der Waals surface area (Å²) in [5.74, 6) is -0.897. The zero-order valence-electron chi connectivity index (χ0n) is 11.1. The van der Waals surface area contributed by atoms with Crippen molar-refractivity contribution >= 4 is 16.7 Å². The molecule has 0 fully saturated rings. The van der Waals surface area contributed by atoms with Crippen molar-refractivity contribution in [3.63, 3.8) is 0 Å². The highest BCUT2D eigenvalue weighted by molar-refractivity contribution is 5.95. The minimum absolute atomic E-state index is 0.320. The van der Waals surface area contributed by atoms with Crippen molar-refractivity contribution in [2.45, 2.75) is 13.5 Å². The molecule has 4 nitrogen and oxygen atoms in total. The normalized spacial score (nSPS) is 10.8. The Hall–Kier alpha value is -2.62. The van der Waals surface area contributed by atoms with Gasteiger partial charge in [-0.3, -0.25) is 0 Å². The third kappa shape index (κ3) is 2.16. The molecule has 1 heterocycles. The molecule has 0 amide bonds. The molecule has 0 aliphatic rings. The molecular formula is C16H14N2O2. The maximum absolute atomic E-state index is 11.1. The smallest absolute Gasteiger partial charge is 0.335 e. The van der Waals surface area contributed by atoms with Gasteiger partial charge in [0.25, 0.3) is 0 Å². The minimum Gasteiger partial charge on any atom is -0.478 e. The lowest BCUT2D eigenvalue weighted by atomic mass is 9.98. The standard InChI is InChI=1S/C16H14N2O2/c1-11-14(9-18-7-6-17-10-18)5-3-12-2-4-13(16(19)20)8-15(11)12/h2-8,10H,9H2,1H3,(H,19,20). The number of carboxylic acids is 1. The monoisotopic (exact) mass is 266 g/mol. The fourth-order valence-corrected chi connectivity index (χ4v) is 2.40. The highest BCUT2D eigenvalue weighted by atomic mass is 16.4. The van der Waals surface area contributed by atoms with E-state index >= 15 is 0 Å². The number of fused-ring (bicyclic) bond motifs is 1. The average Bonchev–Trinajstić information content (AvgIpc) is 2.94. The molecular weight excluding hydrogens is 252 g/mol. The summed E-state index contributed by atoms with van der Waals surface area (Å²) in [5, 5.41) is 11.1. The van der Waals surface area contributed by atoms with Crippen LogP contribution in [0.15, 0.2) is 49.1 Å². The van der Waals surface area contributed by atoms with Crippen LogP contribution in [0.25, 0.3) is 10.8 Å². The van der Waals surface area contributed by atoms with Crippen LogP contribution in [-0.2, 0) is 6.54 Å². The average molecular weight is 266 g/mol. The number of aromatic nitrogens is 2. The van der Waals surface area contributed by atoms with Gasteiger partial charge in [-0.25, -0.2) is 9.78 Å². The molecule has 0 radical (unpaired) electrons. The first kappa shape index (κ1) is 12.4. The van der Waals surface area contributed by atoms with Crippen molar-refractivity contribution in [3.8, 4) is 0 Å². The molecule has 1 N–H and O–H groups in total. The van der Waals surface area contributed by atoms with E-state index in [4.69, 9.17) is 5.11 Å². The molecule has 2 aromatic carbocycles. The van der Waals surface area contributed by atoms with Gasteiger partial charge in [-0.1, -0.05) is 18.2 Å².